The van der Waals surface area contributed by atoms with Crippen LogP contribution in [0.3, 0.4) is 0 Å². The molecule has 2 aliphatic heterocycles. The van der Waals surface area contributed by atoms with Crippen LogP contribution in [0, 0.1) is 6.92 Å². The highest BCUT2D eigenvalue weighted by atomic mass is 16.2. The standard InChI is InChI=1S/C12H13NO/c1-8-2-4-10-9(6-8)3-5-12(14)13-7-11(10)13/h2,4,6,11H,3,5,7H2,1H3. The highest BCUT2D eigenvalue weighted by Crippen LogP contribution is 2.40. The molecule has 0 aliphatic carbocycles. The van der Waals surface area contributed by atoms with E-state index in [4.69, 9.17) is 0 Å². The van der Waals surface area contributed by atoms with E-state index >= 15 is 0 Å². The lowest BCUT2D eigenvalue weighted by molar-refractivity contribution is -0.126. The van der Waals surface area contributed by atoms with Crippen molar-refractivity contribution in [3.05, 3.63) is 34.9 Å². The smallest absolute Gasteiger partial charge is 0.223 e. The van der Waals surface area contributed by atoms with Gasteiger partial charge in [0.05, 0.1) is 6.04 Å². The number of carbonyl (C=O) groups is 1. The van der Waals surface area contributed by atoms with Gasteiger partial charge in [0.1, 0.15) is 0 Å². The molecule has 14 heavy (non-hydrogen) atoms. The van der Waals surface area contributed by atoms with Crippen LogP contribution in [0.1, 0.15) is 29.2 Å². The van der Waals surface area contributed by atoms with E-state index in [1.807, 2.05) is 4.90 Å². The predicted molar refractivity (Wildman–Crippen MR) is 54.0 cm³/mol. The molecule has 0 N–H and O–H groups in total. The van der Waals surface area contributed by atoms with Crippen LogP contribution in [0.2, 0.25) is 0 Å². The lowest BCUT2D eigenvalue weighted by Gasteiger charge is -2.05. The maximum atomic E-state index is 11.5. The number of benzene rings is 1. The van der Waals surface area contributed by atoms with E-state index in [-0.39, 0.29) is 0 Å². The highest BCUT2D eigenvalue weighted by Gasteiger charge is 2.42. The SMILES string of the molecule is Cc1ccc2c(c1)CCC(=O)N1CC21. The third-order valence-corrected chi connectivity index (χ3v) is 3.20. The first-order valence-corrected chi connectivity index (χ1v) is 5.14. The number of hydrogen-bond acceptors (Lipinski definition) is 1. The Labute approximate surface area is 83.5 Å². The normalized spacial score (nSPS) is 23.9. The molecule has 0 bridgehead atoms. The molecule has 0 saturated carbocycles. The zero-order chi connectivity index (χ0) is 9.71. The summed E-state index contributed by atoms with van der Waals surface area (Å²) in [6.07, 6.45) is 1.61. The zero-order valence-corrected chi connectivity index (χ0v) is 8.29. The number of aryl methyl sites for hydroxylation is 2. The van der Waals surface area contributed by atoms with E-state index in [1.54, 1.807) is 0 Å². The first-order chi connectivity index (χ1) is 6.75. The summed E-state index contributed by atoms with van der Waals surface area (Å²) in [5.74, 6) is 0.323. The second kappa shape index (κ2) is 2.59. The molecular weight excluding hydrogens is 174 g/mol. The van der Waals surface area contributed by atoms with E-state index < -0.39 is 0 Å². The summed E-state index contributed by atoms with van der Waals surface area (Å²) in [5.41, 5.74) is 4.05. The minimum atomic E-state index is 0.323. The van der Waals surface area contributed by atoms with Crippen molar-refractivity contribution in [2.45, 2.75) is 25.8 Å². The number of amides is 1. The van der Waals surface area contributed by atoms with Crippen molar-refractivity contribution >= 4 is 5.91 Å². The summed E-state index contributed by atoms with van der Waals surface area (Å²) < 4.78 is 0. The van der Waals surface area contributed by atoms with Gasteiger partial charge in [-0.3, -0.25) is 4.79 Å². The minimum Gasteiger partial charge on any atom is -0.331 e. The molecule has 2 nitrogen and oxygen atoms in total. The van der Waals surface area contributed by atoms with Crippen LogP contribution < -0.4 is 0 Å². The van der Waals surface area contributed by atoms with Gasteiger partial charge in [-0.1, -0.05) is 23.8 Å². The first kappa shape index (κ1) is 8.04. The van der Waals surface area contributed by atoms with Crippen molar-refractivity contribution in [2.75, 3.05) is 6.54 Å². The van der Waals surface area contributed by atoms with E-state index in [9.17, 15) is 4.79 Å². The number of rotatable bonds is 0. The number of fused-ring (bicyclic) bond motifs is 3. The molecule has 1 saturated heterocycles. The number of hydrogen-bond donors (Lipinski definition) is 0. The molecule has 1 fully saturated rings. The van der Waals surface area contributed by atoms with Crippen molar-refractivity contribution in [3.63, 3.8) is 0 Å². The fourth-order valence-corrected chi connectivity index (χ4v) is 2.34. The third-order valence-electron chi connectivity index (χ3n) is 3.20. The molecule has 1 aromatic rings. The van der Waals surface area contributed by atoms with E-state index in [1.165, 1.54) is 16.7 Å². The second-order valence-corrected chi connectivity index (χ2v) is 4.26. The molecule has 1 aromatic carbocycles. The van der Waals surface area contributed by atoms with Crippen molar-refractivity contribution in [1.29, 1.82) is 0 Å². The molecule has 1 atom stereocenters. The Kier molecular flexibility index (Phi) is 1.49. The Morgan fingerprint density at radius 3 is 3.07 bits per heavy atom. The van der Waals surface area contributed by atoms with Crippen LogP contribution >= 0.6 is 0 Å². The van der Waals surface area contributed by atoms with Gasteiger partial charge >= 0.3 is 0 Å². The van der Waals surface area contributed by atoms with E-state index in [0.717, 1.165) is 13.0 Å². The summed E-state index contributed by atoms with van der Waals surface area (Å²) in [6, 6.07) is 6.96. The van der Waals surface area contributed by atoms with Crippen LogP contribution in [0.4, 0.5) is 0 Å². The van der Waals surface area contributed by atoms with Gasteiger partial charge in [-0.25, -0.2) is 0 Å². The van der Waals surface area contributed by atoms with Gasteiger partial charge in [-0.15, -0.1) is 0 Å². The summed E-state index contributed by atoms with van der Waals surface area (Å²) in [5, 5.41) is 0. The Morgan fingerprint density at radius 2 is 2.21 bits per heavy atom. The second-order valence-electron chi connectivity index (χ2n) is 4.26. The molecule has 1 unspecified atom stereocenters. The maximum absolute atomic E-state index is 11.5. The zero-order valence-electron chi connectivity index (χ0n) is 8.29. The van der Waals surface area contributed by atoms with Gasteiger partial charge in [0, 0.05) is 13.0 Å². The molecular formula is C12H13NO. The molecule has 2 heteroatoms. The molecule has 0 spiro atoms. The number of carbonyl (C=O) groups excluding carboxylic acids is 1. The van der Waals surface area contributed by atoms with Crippen molar-refractivity contribution in [2.24, 2.45) is 0 Å². The van der Waals surface area contributed by atoms with Crippen LogP contribution in [-0.4, -0.2) is 17.4 Å². The Bertz CT molecular complexity index is 411. The van der Waals surface area contributed by atoms with Crippen LogP contribution in [0.5, 0.6) is 0 Å². The highest BCUT2D eigenvalue weighted by molar-refractivity contribution is 5.80. The molecule has 1 amide bonds. The van der Waals surface area contributed by atoms with Gasteiger partial charge in [-0.2, -0.15) is 0 Å². The number of nitrogens with zero attached hydrogens (tertiary/aromatic N) is 1. The fourth-order valence-electron chi connectivity index (χ4n) is 2.34. The lowest BCUT2D eigenvalue weighted by atomic mass is 9.99. The quantitative estimate of drug-likeness (QED) is 0.567. The van der Waals surface area contributed by atoms with Gasteiger partial charge in [-0.05, 0) is 24.5 Å². The fraction of sp³-hybridized carbons (Fsp3) is 0.417. The summed E-state index contributed by atoms with van der Waals surface area (Å²) in [7, 11) is 0. The molecule has 0 aromatic heterocycles. The topological polar surface area (TPSA) is 20.1 Å². The Balaban J connectivity index is 2.08. The van der Waals surface area contributed by atoms with Crippen LogP contribution in [0.15, 0.2) is 18.2 Å². The third kappa shape index (κ3) is 1.07. The van der Waals surface area contributed by atoms with Gasteiger partial charge in [0.15, 0.2) is 0 Å². The Morgan fingerprint density at radius 1 is 1.36 bits per heavy atom. The summed E-state index contributed by atoms with van der Waals surface area (Å²) in [6.45, 7) is 3.05. The molecule has 0 radical (unpaired) electrons. The van der Waals surface area contributed by atoms with Crippen molar-refractivity contribution in [3.8, 4) is 0 Å². The van der Waals surface area contributed by atoms with E-state index in [0.29, 0.717) is 18.4 Å². The van der Waals surface area contributed by atoms with Crippen LogP contribution in [-0.2, 0) is 11.2 Å². The summed E-state index contributed by atoms with van der Waals surface area (Å²) >= 11 is 0. The molecule has 72 valence electrons. The van der Waals surface area contributed by atoms with Crippen molar-refractivity contribution < 1.29 is 4.79 Å². The van der Waals surface area contributed by atoms with Crippen LogP contribution in [0.25, 0.3) is 0 Å². The molecule has 2 heterocycles. The molecule has 3 rings (SSSR count). The molecule has 2 aliphatic rings. The predicted octanol–water partition coefficient (Wildman–Crippen LogP) is 1.82. The minimum absolute atomic E-state index is 0.323. The van der Waals surface area contributed by atoms with Crippen molar-refractivity contribution in [1.82, 2.24) is 4.90 Å². The summed E-state index contributed by atoms with van der Waals surface area (Å²) in [4.78, 5) is 13.5. The largest absolute Gasteiger partial charge is 0.331 e. The van der Waals surface area contributed by atoms with Gasteiger partial charge < -0.3 is 4.90 Å². The average Bonchev–Trinajstić information content (AvgIpc) is 2.93. The van der Waals surface area contributed by atoms with Gasteiger partial charge in [0.25, 0.3) is 0 Å². The monoisotopic (exact) mass is 187 g/mol. The van der Waals surface area contributed by atoms with Gasteiger partial charge in [0.2, 0.25) is 5.91 Å². The Hall–Kier alpha value is -1.31. The van der Waals surface area contributed by atoms with E-state index in [2.05, 4.69) is 25.1 Å². The average molecular weight is 187 g/mol. The first-order valence-electron chi connectivity index (χ1n) is 5.14. The maximum Gasteiger partial charge on any atom is 0.223 e. The lowest BCUT2D eigenvalue weighted by Crippen LogP contribution is -2.09.